The van der Waals surface area contributed by atoms with Gasteiger partial charge in [-0.25, -0.2) is 14.6 Å². The molecule has 4 aromatic rings. The molecule has 3 heterocycles. The molecule has 202 valence electrons. The number of carbonyl (C=O) groups is 2. The zero-order valence-electron chi connectivity index (χ0n) is 23.6. The molecular weight excluding hydrogens is 794 g/mol. The number of nitrogens with two attached hydrogens (primary N) is 1. The standard InChI is InChI=1S/C24H23ClN8O2.CH2O3.2Cs/c1-12-19-22(27)29-11-30-23(19)33(31-12)13(2)15-8-17(25)16(9-26)20(21(15)35-5)14-6-7-18(28-10-14)24(34)32(3)4;2-1(3)4;;/h6-8,10-11,13H,1-5H3,(H2,27,29,30);(H2,2,3,4);;/q;;2*+1/p-2. The number of anilines is 1. The number of nitrogens with zero attached hydrogens (tertiary/aromatic N) is 7. The summed E-state index contributed by atoms with van der Waals surface area (Å²) in [7, 11) is 4.82. The minimum atomic E-state index is -2.33. The molecule has 0 spiro atoms. The summed E-state index contributed by atoms with van der Waals surface area (Å²) in [5.74, 6) is 0.553. The number of carbonyl (C=O) groups excluding carboxylic acids is 2. The van der Waals surface area contributed by atoms with Crippen LogP contribution in [0.5, 0.6) is 5.75 Å². The summed E-state index contributed by atoms with van der Waals surface area (Å²) in [6.45, 7) is 3.76. The summed E-state index contributed by atoms with van der Waals surface area (Å²) in [5, 5.41) is 32.1. The van der Waals surface area contributed by atoms with Crippen molar-refractivity contribution in [3.8, 4) is 22.9 Å². The molecule has 41 heavy (non-hydrogen) atoms. The molecule has 3 aromatic heterocycles. The normalized spacial score (nSPS) is 10.7. The van der Waals surface area contributed by atoms with Crippen molar-refractivity contribution in [2.45, 2.75) is 19.9 Å². The average molecular weight is 817 g/mol. The molecule has 1 aromatic carbocycles. The monoisotopic (exact) mass is 816 g/mol. The molecule has 0 bridgehead atoms. The summed E-state index contributed by atoms with van der Waals surface area (Å²) in [5.41, 5.74) is 9.57. The number of hydrogen-bond acceptors (Lipinski definition) is 11. The van der Waals surface area contributed by atoms with Gasteiger partial charge in [-0.3, -0.25) is 9.78 Å². The number of hydrogen-bond donors (Lipinski definition) is 1. The largest absolute Gasteiger partial charge is 1.00 e. The van der Waals surface area contributed by atoms with Crippen molar-refractivity contribution in [2.24, 2.45) is 0 Å². The van der Waals surface area contributed by atoms with Gasteiger partial charge in [-0.15, -0.1) is 0 Å². The summed E-state index contributed by atoms with van der Waals surface area (Å²) in [6.07, 6.45) is 0.584. The van der Waals surface area contributed by atoms with Crippen molar-refractivity contribution in [3.63, 3.8) is 0 Å². The van der Waals surface area contributed by atoms with Crippen LogP contribution in [0, 0.1) is 18.3 Å². The van der Waals surface area contributed by atoms with E-state index in [1.807, 2.05) is 13.8 Å². The van der Waals surface area contributed by atoms with E-state index >= 15 is 0 Å². The van der Waals surface area contributed by atoms with Crippen molar-refractivity contribution in [3.05, 3.63) is 58.3 Å². The first-order chi connectivity index (χ1) is 18.4. The summed E-state index contributed by atoms with van der Waals surface area (Å²) >= 11 is 6.58. The van der Waals surface area contributed by atoms with Crippen molar-refractivity contribution in [2.75, 3.05) is 26.9 Å². The van der Waals surface area contributed by atoms with Gasteiger partial charge >= 0.3 is 138 Å². The SMILES string of the molecule is COc1c(C(C)n2nc(C)c3c(N)ncnc32)cc(Cl)c(C#N)c1-c1ccc(C(=O)N(C)C)nc1.O=C([O-])[O-].[Cs+].[Cs+]. The maximum Gasteiger partial charge on any atom is 1.00 e. The second-order valence-corrected chi connectivity index (χ2v) is 8.80. The Morgan fingerprint density at radius 1 is 1.20 bits per heavy atom. The molecular formula is C25H23ClCs2N8O5. The van der Waals surface area contributed by atoms with Crippen LogP contribution < -0.4 is 158 Å². The average Bonchev–Trinajstić information content (AvgIpc) is 3.24. The van der Waals surface area contributed by atoms with Gasteiger partial charge in [-0.2, -0.15) is 10.4 Å². The van der Waals surface area contributed by atoms with Gasteiger partial charge in [0, 0.05) is 37.0 Å². The molecule has 13 nitrogen and oxygen atoms in total. The number of methoxy groups -OCH3 is 1. The van der Waals surface area contributed by atoms with Crippen molar-refractivity contribution >= 4 is 40.5 Å². The fourth-order valence-electron chi connectivity index (χ4n) is 4.03. The number of rotatable bonds is 5. The Kier molecular flexibility index (Phi) is 15.7. The first-order valence-corrected chi connectivity index (χ1v) is 11.6. The Morgan fingerprint density at radius 2 is 1.83 bits per heavy atom. The van der Waals surface area contributed by atoms with E-state index in [2.05, 4.69) is 26.1 Å². The van der Waals surface area contributed by atoms with Gasteiger partial charge in [-0.1, -0.05) is 17.7 Å². The zero-order valence-corrected chi connectivity index (χ0v) is 36.9. The molecule has 0 saturated heterocycles. The second kappa shape index (κ2) is 16.8. The Morgan fingerprint density at radius 3 is 2.34 bits per heavy atom. The number of halogens is 1. The van der Waals surface area contributed by atoms with Crippen LogP contribution in [0.3, 0.4) is 0 Å². The number of nitriles is 1. The smallest absolute Gasteiger partial charge is 0.652 e. The van der Waals surface area contributed by atoms with Crippen LogP contribution in [0.4, 0.5) is 10.6 Å². The van der Waals surface area contributed by atoms with E-state index in [1.54, 1.807) is 37.0 Å². The molecule has 1 atom stereocenters. The number of pyridine rings is 1. The van der Waals surface area contributed by atoms with Gasteiger partial charge in [0.1, 0.15) is 29.7 Å². The maximum atomic E-state index is 12.3. The van der Waals surface area contributed by atoms with Crippen LogP contribution in [0.2, 0.25) is 5.02 Å². The Hall–Kier alpha value is -0.856. The van der Waals surface area contributed by atoms with Crippen LogP contribution >= 0.6 is 11.6 Å². The third-order valence-corrected chi connectivity index (χ3v) is 6.06. The quantitative estimate of drug-likeness (QED) is 0.203. The number of amides is 1. The minimum absolute atomic E-state index is 0. The van der Waals surface area contributed by atoms with Crippen molar-refractivity contribution in [1.82, 2.24) is 29.6 Å². The van der Waals surface area contributed by atoms with E-state index in [1.165, 1.54) is 24.5 Å². The first-order valence-electron chi connectivity index (χ1n) is 11.2. The third-order valence-electron chi connectivity index (χ3n) is 5.76. The number of aryl methyl sites for hydroxylation is 1. The topological polar surface area (TPSA) is 199 Å². The fourth-order valence-corrected chi connectivity index (χ4v) is 4.29. The van der Waals surface area contributed by atoms with Crippen LogP contribution in [0.25, 0.3) is 22.2 Å². The maximum absolute atomic E-state index is 12.3. The van der Waals surface area contributed by atoms with Crippen LogP contribution in [-0.4, -0.2) is 62.9 Å². The van der Waals surface area contributed by atoms with Crippen LogP contribution in [0.15, 0.2) is 30.7 Å². The Labute approximate surface area is 358 Å². The van der Waals surface area contributed by atoms with E-state index < -0.39 is 6.16 Å². The molecule has 0 aliphatic heterocycles. The Balaban J connectivity index is 0.00000131. The summed E-state index contributed by atoms with van der Waals surface area (Å²) in [6, 6.07) is 6.79. The molecule has 0 radical (unpaired) electrons. The molecule has 16 heteroatoms. The molecule has 0 aliphatic rings. The van der Waals surface area contributed by atoms with Gasteiger partial charge in [0.15, 0.2) is 5.65 Å². The third kappa shape index (κ3) is 8.62. The first kappa shape index (κ1) is 38.2. The fraction of sp³-hybridized carbons (Fsp3) is 0.240. The second-order valence-electron chi connectivity index (χ2n) is 8.39. The van der Waals surface area contributed by atoms with Gasteiger partial charge in [0.2, 0.25) is 0 Å². The molecule has 4 rings (SSSR count). The van der Waals surface area contributed by atoms with Gasteiger partial charge in [-0.05, 0) is 32.1 Å². The number of ether oxygens (including phenoxy) is 1. The Bertz CT molecular complexity index is 1600. The molecule has 0 aliphatic carbocycles. The number of nitrogen functional groups attached to an aromatic ring is 1. The molecule has 0 fully saturated rings. The molecule has 1 amide bonds. The number of aromatic nitrogens is 5. The van der Waals surface area contributed by atoms with Gasteiger partial charge < -0.3 is 30.4 Å². The van der Waals surface area contributed by atoms with Gasteiger partial charge in [0.05, 0.1) is 34.8 Å². The zero-order chi connectivity index (χ0) is 29.0. The van der Waals surface area contributed by atoms with Crippen LogP contribution in [0.1, 0.15) is 40.3 Å². The predicted octanol–water partition coefficient (Wildman–Crippen LogP) is -4.82. The van der Waals surface area contributed by atoms with Gasteiger partial charge in [0.25, 0.3) is 5.91 Å². The number of fused-ring (bicyclic) bond motifs is 1. The van der Waals surface area contributed by atoms with E-state index in [4.69, 9.17) is 37.1 Å². The van der Waals surface area contributed by atoms with E-state index in [-0.39, 0.29) is 166 Å². The molecule has 2 N–H and O–H groups in total. The van der Waals surface area contributed by atoms with Crippen LogP contribution in [-0.2, 0) is 0 Å². The number of carboxylic acid groups (broad SMARTS) is 2. The van der Waals surface area contributed by atoms with E-state index in [0.717, 1.165) is 0 Å². The van der Waals surface area contributed by atoms with Crippen molar-refractivity contribution < 1.29 is 162 Å². The minimum Gasteiger partial charge on any atom is -0.652 e. The van der Waals surface area contributed by atoms with E-state index in [9.17, 15) is 10.1 Å². The summed E-state index contributed by atoms with van der Waals surface area (Å²) < 4.78 is 7.54. The molecule has 1 unspecified atom stereocenters. The number of benzene rings is 1. The predicted molar refractivity (Wildman–Crippen MR) is 138 cm³/mol. The van der Waals surface area contributed by atoms with E-state index in [0.29, 0.717) is 45.0 Å². The van der Waals surface area contributed by atoms with Crippen molar-refractivity contribution in [1.29, 1.82) is 5.26 Å². The molecule has 0 saturated carbocycles. The summed E-state index contributed by atoms with van der Waals surface area (Å²) in [4.78, 5) is 34.8.